The average Bonchev–Trinajstić information content (AvgIpc) is 2.95. The molecule has 1 unspecified atom stereocenters. The Balaban J connectivity index is 1.87. The number of aromatic nitrogens is 2. The van der Waals surface area contributed by atoms with Gasteiger partial charge in [0.1, 0.15) is 29.4 Å². The van der Waals surface area contributed by atoms with Crippen molar-refractivity contribution >= 4 is 33.7 Å². The molecule has 1 aromatic heterocycles. The van der Waals surface area contributed by atoms with Gasteiger partial charge in [0.2, 0.25) is 5.88 Å². The van der Waals surface area contributed by atoms with Crippen molar-refractivity contribution in [1.82, 2.24) is 15.3 Å². The first-order valence-electron chi connectivity index (χ1n) is 11.9. The molecule has 5 rings (SSSR count). The number of nitriles is 2. The van der Waals surface area contributed by atoms with Crippen LogP contribution in [0, 0.1) is 22.7 Å². The van der Waals surface area contributed by atoms with E-state index in [-0.39, 0.29) is 40.0 Å². The number of hydrogen-bond acceptors (Lipinski definition) is 10. The highest BCUT2D eigenvalue weighted by Gasteiger charge is 2.44. The van der Waals surface area contributed by atoms with Crippen molar-refractivity contribution in [1.29, 1.82) is 10.5 Å². The summed E-state index contributed by atoms with van der Waals surface area (Å²) in [6.07, 6.45) is 5.00. The molecule has 1 fully saturated rings. The van der Waals surface area contributed by atoms with Gasteiger partial charge in [-0.3, -0.25) is 4.79 Å². The number of fused-ring (bicyclic) bond motifs is 6. The number of hydrogen-bond donors (Lipinski definition) is 1. The number of rotatable bonds is 4. The monoisotopic (exact) mass is 497 g/mol. The zero-order valence-corrected chi connectivity index (χ0v) is 20.3. The van der Waals surface area contributed by atoms with E-state index < -0.39 is 17.9 Å². The summed E-state index contributed by atoms with van der Waals surface area (Å²) in [7, 11) is 2.45. The van der Waals surface area contributed by atoms with Crippen molar-refractivity contribution < 1.29 is 23.8 Å². The molecular formula is C27H23N5O5. The highest BCUT2D eigenvalue weighted by molar-refractivity contribution is 6.13. The van der Waals surface area contributed by atoms with E-state index in [1.54, 1.807) is 24.3 Å². The molecule has 0 spiro atoms. The summed E-state index contributed by atoms with van der Waals surface area (Å²) in [6, 6.07) is 11.1. The van der Waals surface area contributed by atoms with Crippen LogP contribution in [0.3, 0.4) is 0 Å². The van der Waals surface area contributed by atoms with Gasteiger partial charge in [-0.15, -0.1) is 0 Å². The Labute approximate surface area is 212 Å². The van der Waals surface area contributed by atoms with E-state index in [9.17, 15) is 20.1 Å². The second-order valence-electron chi connectivity index (χ2n) is 8.90. The van der Waals surface area contributed by atoms with Crippen LogP contribution >= 0.6 is 0 Å². The summed E-state index contributed by atoms with van der Waals surface area (Å²) in [5.74, 6) is -2.33. The van der Waals surface area contributed by atoms with E-state index in [1.807, 2.05) is 12.1 Å². The Morgan fingerprint density at radius 3 is 2.24 bits per heavy atom. The van der Waals surface area contributed by atoms with E-state index in [2.05, 4.69) is 15.3 Å². The third-order valence-electron chi connectivity index (χ3n) is 6.84. The Morgan fingerprint density at radius 2 is 1.62 bits per heavy atom. The van der Waals surface area contributed by atoms with Crippen LogP contribution in [-0.2, 0) is 19.1 Å². The molecule has 37 heavy (non-hydrogen) atoms. The van der Waals surface area contributed by atoms with Gasteiger partial charge in [0.15, 0.2) is 11.4 Å². The fraction of sp³-hybridized carbons (Fsp3) is 0.333. The van der Waals surface area contributed by atoms with E-state index in [4.69, 9.17) is 14.2 Å². The maximum absolute atomic E-state index is 13.3. The summed E-state index contributed by atoms with van der Waals surface area (Å²) >= 11 is 0. The van der Waals surface area contributed by atoms with Crippen LogP contribution < -0.4 is 10.1 Å². The fourth-order valence-corrected chi connectivity index (χ4v) is 5.13. The predicted octanol–water partition coefficient (Wildman–Crippen LogP) is 3.48. The first-order valence-corrected chi connectivity index (χ1v) is 11.9. The zero-order chi connectivity index (χ0) is 26.1. The standard InChI is InChI=1S/C27H23N5O5/c1-35-26(33)19-20-23-22(31-17(12-28)18(13-29)32-23)15-10-6-7-11-16(15)24(20)37-25(21(19)27(34)36-2)30-14-8-4-3-5-9-14/h6-7,10-11,14,19,30H,3-5,8-9H2,1-2H3. The number of carbonyl (C=O) groups is 2. The van der Waals surface area contributed by atoms with Gasteiger partial charge in [0, 0.05) is 22.4 Å². The normalized spacial score (nSPS) is 17.4. The van der Waals surface area contributed by atoms with Crippen LogP contribution in [0.5, 0.6) is 5.75 Å². The highest BCUT2D eigenvalue weighted by atomic mass is 16.5. The van der Waals surface area contributed by atoms with Crippen LogP contribution in [-0.4, -0.2) is 42.2 Å². The van der Waals surface area contributed by atoms with E-state index >= 15 is 0 Å². The van der Waals surface area contributed by atoms with Crippen molar-refractivity contribution in [2.24, 2.45) is 0 Å². The van der Waals surface area contributed by atoms with Gasteiger partial charge in [-0.1, -0.05) is 43.5 Å². The van der Waals surface area contributed by atoms with Gasteiger partial charge < -0.3 is 19.5 Å². The van der Waals surface area contributed by atoms with Crippen molar-refractivity contribution in [2.75, 3.05) is 14.2 Å². The first-order chi connectivity index (χ1) is 18.0. The number of ether oxygens (including phenoxy) is 3. The SMILES string of the molecule is COC(=O)C1=C(NC2CCCCC2)Oc2c(c3nc(C#N)c(C#N)nc3c3ccccc23)C1C(=O)OC. The van der Waals surface area contributed by atoms with E-state index in [1.165, 1.54) is 14.2 Å². The van der Waals surface area contributed by atoms with Gasteiger partial charge in [-0.2, -0.15) is 10.5 Å². The van der Waals surface area contributed by atoms with Crippen LogP contribution in [0.15, 0.2) is 35.7 Å². The predicted molar refractivity (Wildman–Crippen MR) is 131 cm³/mol. The lowest BCUT2D eigenvalue weighted by atomic mass is 9.85. The van der Waals surface area contributed by atoms with Crippen LogP contribution in [0.2, 0.25) is 0 Å². The van der Waals surface area contributed by atoms with E-state index in [0.717, 1.165) is 32.1 Å². The molecule has 1 aliphatic heterocycles. The minimum atomic E-state index is -1.27. The molecular weight excluding hydrogens is 474 g/mol. The third kappa shape index (κ3) is 3.97. The topological polar surface area (TPSA) is 147 Å². The first kappa shape index (κ1) is 24.0. The quantitative estimate of drug-likeness (QED) is 0.419. The van der Waals surface area contributed by atoms with Crippen molar-refractivity contribution in [2.45, 2.75) is 44.1 Å². The number of benzene rings is 2. The molecule has 10 nitrogen and oxygen atoms in total. The minimum Gasteiger partial charge on any atom is -0.468 e. The molecule has 0 bridgehead atoms. The van der Waals surface area contributed by atoms with Crippen molar-refractivity contribution in [3.8, 4) is 17.9 Å². The molecule has 3 aromatic rings. The number of nitrogens with one attached hydrogen (secondary N) is 1. The number of carbonyl (C=O) groups excluding carboxylic acids is 2. The molecule has 1 aliphatic carbocycles. The Kier molecular flexibility index (Phi) is 6.33. The molecule has 2 aliphatic rings. The maximum atomic E-state index is 13.3. The van der Waals surface area contributed by atoms with Gasteiger partial charge in [0.25, 0.3) is 0 Å². The summed E-state index contributed by atoms with van der Waals surface area (Å²) in [4.78, 5) is 35.3. The number of methoxy groups -OCH3 is 2. The largest absolute Gasteiger partial charge is 0.468 e. The molecule has 1 saturated carbocycles. The van der Waals surface area contributed by atoms with Gasteiger partial charge in [-0.05, 0) is 12.8 Å². The Hall–Kier alpha value is -4.70. The summed E-state index contributed by atoms with van der Waals surface area (Å²) in [5.41, 5.74) is 0.297. The lowest BCUT2D eigenvalue weighted by molar-refractivity contribution is -0.145. The highest BCUT2D eigenvalue weighted by Crippen LogP contribution is 2.48. The van der Waals surface area contributed by atoms with Crippen LogP contribution in [0.25, 0.3) is 21.8 Å². The van der Waals surface area contributed by atoms with Gasteiger partial charge >= 0.3 is 11.9 Å². The number of esters is 2. The van der Waals surface area contributed by atoms with Crippen LogP contribution in [0.4, 0.5) is 0 Å². The molecule has 10 heteroatoms. The smallest absolute Gasteiger partial charge is 0.340 e. The number of nitrogens with zero attached hydrogens (tertiary/aromatic N) is 4. The molecule has 0 amide bonds. The fourth-order valence-electron chi connectivity index (χ4n) is 5.13. The molecule has 1 N–H and O–H groups in total. The molecule has 2 aromatic carbocycles. The van der Waals surface area contributed by atoms with Crippen LogP contribution in [0.1, 0.15) is 55.0 Å². The molecule has 186 valence electrons. The van der Waals surface area contributed by atoms with Gasteiger partial charge in [-0.25, -0.2) is 14.8 Å². The van der Waals surface area contributed by atoms with Crippen molar-refractivity contribution in [3.05, 3.63) is 52.7 Å². The second kappa shape index (κ2) is 9.75. The average molecular weight is 498 g/mol. The lowest BCUT2D eigenvalue weighted by Crippen LogP contribution is -2.39. The van der Waals surface area contributed by atoms with Gasteiger partial charge in [0.05, 0.1) is 25.3 Å². The Bertz CT molecular complexity index is 1560. The molecule has 1 atom stereocenters. The lowest BCUT2D eigenvalue weighted by Gasteiger charge is -2.32. The Morgan fingerprint density at radius 1 is 0.973 bits per heavy atom. The zero-order valence-electron chi connectivity index (χ0n) is 20.3. The third-order valence-corrected chi connectivity index (χ3v) is 6.84. The second-order valence-corrected chi connectivity index (χ2v) is 8.90. The summed E-state index contributed by atoms with van der Waals surface area (Å²) in [5, 5.41) is 23.8. The molecule has 0 saturated heterocycles. The summed E-state index contributed by atoms with van der Waals surface area (Å²) < 4.78 is 16.6. The van der Waals surface area contributed by atoms with Crippen molar-refractivity contribution in [3.63, 3.8) is 0 Å². The van der Waals surface area contributed by atoms with E-state index in [0.29, 0.717) is 22.0 Å². The molecule has 2 heterocycles. The minimum absolute atomic E-state index is 0.0475. The summed E-state index contributed by atoms with van der Waals surface area (Å²) in [6.45, 7) is 0. The molecule has 0 radical (unpaired) electrons. The maximum Gasteiger partial charge on any atom is 0.340 e.